The molecule has 4 heteroatoms. The fraction of sp³-hybridized carbons (Fsp3) is 0.400. The lowest BCUT2D eigenvalue weighted by Gasteiger charge is -2.20. The average molecular weight is 332 g/mol. The molecule has 0 aliphatic heterocycles. The molecule has 0 unspecified atom stereocenters. The van der Waals surface area contributed by atoms with Gasteiger partial charge in [-0.25, -0.2) is 0 Å². The van der Waals surface area contributed by atoms with Gasteiger partial charge in [0.15, 0.2) is 23.0 Å². The highest BCUT2D eigenvalue weighted by atomic mass is 16.3. The van der Waals surface area contributed by atoms with Crippen LogP contribution < -0.4 is 0 Å². The fourth-order valence-corrected chi connectivity index (χ4v) is 2.27. The van der Waals surface area contributed by atoms with Crippen LogP contribution in [0.15, 0.2) is 36.4 Å². The molecule has 0 saturated heterocycles. The highest BCUT2D eigenvalue weighted by Crippen LogP contribution is 2.37. The summed E-state index contributed by atoms with van der Waals surface area (Å²) < 4.78 is 0. The summed E-state index contributed by atoms with van der Waals surface area (Å²) in [6, 6.07) is 10.0. The molecule has 0 saturated carbocycles. The summed E-state index contributed by atoms with van der Waals surface area (Å²) in [5.74, 6) is -0.125. The second kappa shape index (κ2) is 7.04. The number of hydrogen-bond acceptors (Lipinski definition) is 4. The minimum atomic E-state index is -0.136. The number of para-hydroxylation sites is 2. The van der Waals surface area contributed by atoms with Crippen molar-refractivity contribution in [3.05, 3.63) is 47.5 Å². The molecule has 0 radical (unpaired) electrons. The zero-order chi connectivity index (χ0) is 18.7. The van der Waals surface area contributed by atoms with Crippen molar-refractivity contribution >= 4 is 0 Å². The summed E-state index contributed by atoms with van der Waals surface area (Å²) in [6.07, 6.45) is 0. The Morgan fingerprint density at radius 3 is 1.04 bits per heavy atom. The fourth-order valence-electron chi connectivity index (χ4n) is 2.27. The van der Waals surface area contributed by atoms with Crippen LogP contribution in [0.4, 0.5) is 0 Å². The first-order valence-corrected chi connectivity index (χ1v) is 7.88. The first kappa shape index (κ1) is 19.7. The van der Waals surface area contributed by atoms with Crippen molar-refractivity contribution in [2.75, 3.05) is 0 Å². The van der Waals surface area contributed by atoms with Crippen LogP contribution in [0, 0.1) is 0 Å². The van der Waals surface area contributed by atoms with Gasteiger partial charge in [-0.1, -0.05) is 65.8 Å². The van der Waals surface area contributed by atoms with E-state index in [0.717, 1.165) is 11.1 Å². The van der Waals surface area contributed by atoms with Gasteiger partial charge in [0.1, 0.15) is 0 Å². The summed E-state index contributed by atoms with van der Waals surface area (Å²) in [6.45, 7) is 11.9. The first-order valence-electron chi connectivity index (χ1n) is 7.88. The van der Waals surface area contributed by atoms with Gasteiger partial charge in [-0.2, -0.15) is 0 Å². The molecule has 24 heavy (non-hydrogen) atoms. The molecule has 0 fully saturated rings. The molecular weight excluding hydrogens is 304 g/mol. The molecule has 2 aromatic carbocycles. The van der Waals surface area contributed by atoms with Crippen LogP contribution in [0.1, 0.15) is 52.7 Å². The maximum absolute atomic E-state index is 9.48. The second-order valence-corrected chi connectivity index (χ2v) is 7.85. The van der Waals surface area contributed by atoms with Crippen LogP contribution >= 0.6 is 0 Å². The van der Waals surface area contributed by atoms with Crippen molar-refractivity contribution in [2.45, 2.75) is 52.4 Å². The van der Waals surface area contributed by atoms with E-state index in [2.05, 4.69) is 0 Å². The molecule has 0 heterocycles. The van der Waals surface area contributed by atoms with E-state index in [4.69, 9.17) is 0 Å². The zero-order valence-corrected chi connectivity index (χ0v) is 15.3. The third-order valence-electron chi connectivity index (χ3n) is 3.65. The normalized spacial score (nSPS) is 11.6. The van der Waals surface area contributed by atoms with E-state index in [9.17, 15) is 20.4 Å². The Hall–Kier alpha value is -2.36. The summed E-state index contributed by atoms with van der Waals surface area (Å²) in [4.78, 5) is 0. The largest absolute Gasteiger partial charge is 0.504 e. The topological polar surface area (TPSA) is 80.9 Å². The third kappa shape index (κ3) is 4.82. The molecule has 0 aromatic heterocycles. The van der Waals surface area contributed by atoms with Gasteiger partial charge in [0.2, 0.25) is 0 Å². The molecule has 4 nitrogen and oxygen atoms in total. The van der Waals surface area contributed by atoms with Gasteiger partial charge >= 0.3 is 0 Å². The van der Waals surface area contributed by atoms with Crippen LogP contribution in [0.25, 0.3) is 0 Å². The monoisotopic (exact) mass is 332 g/mol. The number of aromatic hydroxyl groups is 4. The summed E-state index contributed by atoms with van der Waals surface area (Å²) in [7, 11) is 0. The van der Waals surface area contributed by atoms with Crippen LogP contribution in [0.3, 0.4) is 0 Å². The Labute approximate surface area is 144 Å². The van der Waals surface area contributed by atoms with Gasteiger partial charge in [0.05, 0.1) is 0 Å². The van der Waals surface area contributed by atoms with Crippen LogP contribution in [-0.2, 0) is 10.8 Å². The Morgan fingerprint density at radius 1 is 0.542 bits per heavy atom. The second-order valence-electron chi connectivity index (χ2n) is 7.85. The van der Waals surface area contributed by atoms with Crippen molar-refractivity contribution in [1.29, 1.82) is 0 Å². The van der Waals surface area contributed by atoms with Crippen molar-refractivity contribution in [1.82, 2.24) is 0 Å². The molecular formula is C20H28O4. The van der Waals surface area contributed by atoms with E-state index in [1.54, 1.807) is 12.1 Å². The van der Waals surface area contributed by atoms with Crippen LogP contribution in [-0.4, -0.2) is 20.4 Å². The number of phenolic OH excluding ortho intramolecular Hbond substituents is 4. The third-order valence-corrected chi connectivity index (χ3v) is 3.65. The summed E-state index contributed by atoms with van der Waals surface area (Å²) in [5.41, 5.74) is 1.26. The zero-order valence-electron chi connectivity index (χ0n) is 15.3. The molecule has 0 aliphatic carbocycles. The van der Waals surface area contributed by atoms with Crippen LogP contribution in [0.2, 0.25) is 0 Å². The van der Waals surface area contributed by atoms with Crippen molar-refractivity contribution in [2.24, 2.45) is 0 Å². The molecule has 132 valence electrons. The Bertz CT molecular complexity index is 630. The number of phenols is 4. The lowest BCUT2D eigenvalue weighted by molar-refractivity contribution is 0.389. The lowest BCUT2D eigenvalue weighted by Crippen LogP contribution is -2.10. The Balaban J connectivity index is 0.000000240. The quantitative estimate of drug-likeness (QED) is 0.523. The van der Waals surface area contributed by atoms with E-state index in [-0.39, 0.29) is 33.8 Å². The van der Waals surface area contributed by atoms with Gasteiger partial charge in [-0.3, -0.25) is 0 Å². The van der Waals surface area contributed by atoms with Crippen molar-refractivity contribution in [3.63, 3.8) is 0 Å². The molecule has 2 aromatic rings. The van der Waals surface area contributed by atoms with Crippen LogP contribution in [0.5, 0.6) is 23.0 Å². The predicted molar refractivity (Wildman–Crippen MR) is 96.9 cm³/mol. The van der Waals surface area contributed by atoms with E-state index >= 15 is 0 Å². The Kier molecular flexibility index (Phi) is 5.77. The van der Waals surface area contributed by atoms with E-state index < -0.39 is 0 Å². The molecule has 2 rings (SSSR count). The SMILES string of the molecule is CC(C)(C)c1cccc(O)c1O.CC(C)(C)c1cccc(O)c1O. The minimum Gasteiger partial charge on any atom is -0.504 e. The van der Waals surface area contributed by atoms with Gasteiger partial charge in [0, 0.05) is 11.1 Å². The molecule has 4 N–H and O–H groups in total. The van der Waals surface area contributed by atoms with E-state index in [1.807, 2.05) is 53.7 Å². The van der Waals surface area contributed by atoms with Gasteiger partial charge in [0.25, 0.3) is 0 Å². The van der Waals surface area contributed by atoms with Crippen molar-refractivity contribution < 1.29 is 20.4 Å². The summed E-state index contributed by atoms with van der Waals surface area (Å²) in [5, 5.41) is 37.4. The average Bonchev–Trinajstić information content (AvgIpc) is 2.43. The minimum absolute atomic E-state index is 0.00926. The molecule has 0 aliphatic rings. The molecule has 0 atom stereocenters. The number of rotatable bonds is 0. The molecule has 0 spiro atoms. The van der Waals surface area contributed by atoms with Gasteiger partial charge < -0.3 is 20.4 Å². The standard InChI is InChI=1S/2C10H14O2/c2*1-10(2,3)7-5-4-6-8(11)9(7)12/h2*4-6,11-12H,1-3H3. The molecule has 0 bridgehead atoms. The predicted octanol–water partition coefficient (Wildman–Crippen LogP) is 4.79. The molecule has 0 amide bonds. The van der Waals surface area contributed by atoms with Gasteiger partial charge in [-0.15, -0.1) is 0 Å². The Morgan fingerprint density at radius 2 is 0.833 bits per heavy atom. The highest BCUT2D eigenvalue weighted by Gasteiger charge is 2.20. The number of benzene rings is 2. The lowest BCUT2D eigenvalue weighted by atomic mass is 9.86. The maximum atomic E-state index is 9.48. The van der Waals surface area contributed by atoms with Crippen molar-refractivity contribution in [3.8, 4) is 23.0 Å². The summed E-state index contributed by atoms with van der Waals surface area (Å²) >= 11 is 0. The van der Waals surface area contributed by atoms with E-state index in [0.29, 0.717) is 0 Å². The number of hydrogen-bond donors (Lipinski definition) is 4. The smallest absolute Gasteiger partial charge is 0.161 e. The van der Waals surface area contributed by atoms with Gasteiger partial charge in [-0.05, 0) is 23.0 Å². The highest BCUT2D eigenvalue weighted by molar-refractivity contribution is 5.48. The van der Waals surface area contributed by atoms with E-state index in [1.165, 1.54) is 12.1 Å². The first-order chi connectivity index (χ1) is 10.9. The maximum Gasteiger partial charge on any atom is 0.161 e.